The zero-order chi connectivity index (χ0) is 23.7. The number of esters is 1. The normalized spacial score (nSPS) is 15.8. The van der Waals surface area contributed by atoms with Gasteiger partial charge >= 0.3 is 5.97 Å². The van der Waals surface area contributed by atoms with Crippen LogP contribution in [-0.4, -0.2) is 24.3 Å². The second-order valence-electron chi connectivity index (χ2n) is 7.25. The van der Waals surface area contributed by atoms with E-state index in [0.717, 1.165) is 0 Å². The van der Waals surface area contributed by atoms with Crippen LogP contribution in [0.25, 0.3) is 6.08 Å². The Morgan fingerprint density at radius 2 is 2.00 bits per heavy atom. The average molecular weight is 531 g/mol. The number of carbonyl (C=O) groups excluding carboxylic acids is 1. The topological polar surface area (TPSA) is 69.9 Å². The smallest absolute Gasteiger partial charge is 0.338 e. The highest BCUT2D eigenvalue weighted by molar-refractivity contribution is 9.10. The van der Waals surface area contributed by atoms with Crippen molar-refractivity contribution in [3.63, 3.8) is 0 Å². The third-order valence-corrected chi connectivity index (χ3v) is 6.78. The van der Waals surface area contributed by atoms with E-state index in [2.05, 4.69) is 20.9 Å². The van der Waals surface area contributed by atoms with Crippen molar-refractivity contribution in [2.75, 3.05) is 13.7 Å². The van der Waals surface area contributed by atoms with Crippen molar-refractivity contribution in [3.8, 4) is 5.75 Å². The maximum Gasteiger partial charge on any atom is 0.338 e. The Bertz CT molecular complexity index is 1440. The second kappa shape index (κ2) is 9.44. The molecule has 0 fully saturated rings. The van der Waals surface area contributed by atoms with Crippen LogP contribution in [0.5, 0.6) is 5.75 Å². The van der Waals surface area contributed by atoms with Gasteiger partial charge in [-0.05, 0) is 71.2 Å². The number of hydrogen-bond acceptors (Lipinski definition) is 6. The van der Waals surface area contributed by atoms with Crippen molar-refractivity contribution >= 4 is 39.3 Å². The maximum atomic E-state index is 13.5. The molecule has 0 amide bonds. The molecule has 2 aromatic carbocycles. The van der Waals surface area contributed by atoms with Gasteiger partial charge in [0.1, 0.15) is 11.6 Å². The fourth-order valence-corrected chi connectivity index (χ4v) is 5.27. The largest absolute Gasteiger partial charge is 0.496 e. The molecule has 1 aromatic heterocycles. The minimum atomic E-state index is -0.724. The van der Waals surface area contributed by atoms with E-state index in [1.54, 1.807) is 45.2 Å². The maximum absolute atomic E-state index is 13.5. The first-order chi connectivity index (χ1) is 15.8. The van der Waals surface area contributed by atoms with Crippen molar-refractivity contribution in [2.24, 2.45) is 4.99 Å². The average Bonchev–Trinajstić information content (AvgIpc) is 3.09. The third kappa shape index (κ3) is 4.43. The number of ether oxygens (including phenoxy) is 2. The number of allylic oxidation sites excluding steroid dienone is 1. The highest BCUT2D eigenvalue weighted by Gasteiger charge is 2.33. The lowest BCUT2D eigenvalue weighted by Gasteiger charge is -2.25. The Kier molecular flexibility index (Phi) is 6.62. The van der Waals surface area contributed by atoms with Crippen LogP contribution in [-0.2, 0) is 9.53 Å². The molecule has 2 heterocycles. The van der Waals surface area contributed by atoms with Crippen LogP contribution < -0.4 is 19.6 Å². The van der Waals surface area contributed by atoms with Crippen molar-refractivity contribution in [2.45, 2.75) is 19.9 Å². The summed E-state index contributed by atoms with van der Waals surface area (Å²) in [4.78, 5) is 31.4. The Labute approximate surface area is 201 Å². The molecule has 1 aliphatic heterocycles. The molecule has 6 nitrogen and oxygen atoms in total. The van der Waals surface area contributed by atoms with Crippen LogP contribution >= 0.6 is 27.3 Å². The van der Waals surface area contributed by atoms with Crippen LogP contribution in [0.1, 0.15) is 31.0 Å². The van der Waals surface area contributed by atoms with E-state index in [1.165, 1.54) is 28.0 Å². The summed E-state index contributed by atoms with van der Waals surface area (Å²) in [6.07, 6.45) is 1.69. The summed E-state index contributed by atoms with van der Waals surface area (Å²) in [5.74, 6) is -0.252. The molecule has 170 valence electrons. The standard InChI is InChI=1S/C24H20BrFN2O4S/c1-4-32-23(30)20-13(2)27-24-28(21(20)15-7-10-18(31-3)17(25)12-15)22(29)19(33-24)11-14-5-8-16(26)9-6-14/h5-12,21H,4H2,1-3H3/b19-11-. The number of rotatable bonds is 5. The number of carbonyl (C=O) groups is 1. The molecule has 0 saturated carbocycles. The number of benzene rings is 2. The summed E-state index contributed by atoms with van der Waals surface area (Å²) < 4.78 is 26.5. The monoisotopic (exact) mass is 530 g/mol. The van der Waals surface area contributed by atoms with Crippen molar-refractivity contribution in [1.29, 1.82) is 0 Å². The highest BCUT2D eigenvalue weighted by atomic mass is 79.9. The fourth-order valence-electron chi connectivity index (χ4n) is 3.67. The van der Waals surface area contributed by atoms with Gasteiger partial charge in [0.2, 0.25) is 0 Å². The van der Waals surface area contributed by atoms with E-state index in [-0.39, 0.29) is 18.0 Å². The van der Waals surface area contributed by atoms with Gasteiger partial charge < -0.3 is 9.47 Å². The van der Waals surface area contributed by atoms with E-state index in [4.69, 9.17) is 9.47 Å². The van der Waals surface area contributed by atoms with Gasteiger partial charge in [-0.25, -0.2) is 14.2 Å². The summed E-state index contributed by atoms with van der Waals surface area (Å²) in [5, 5.41) is 0. The Hall–Kier alpha value is -3.04. The predicted molar refractivity (Wildman–Crippen MR) is 127 cm³/mol. The molecule has 1 aliphatic rings. The van der Waals surface area contributed by atoms with Gasteiger partial charge in [0.15, 0.2) is 4.80 Å². The quantitative estimate of drug-likeness (QED) is 0.471. The molecule has 9 heteroatoms. The van der Waals surface area contributed by atoms with Crippen molar-refractivity contribution in [3.05, 3.63) is 94.8 Å². The van der Waals surface area contributed by atoms with E-state index < -0.39 is 12.0 Å². The van der Waals surface area contributed by atoms with Crippen LogP contribution in [0.15, 0.2) is 68.0 Å². The number of hydrogen-bond donors (Lipinski definition) is 0. The highest BCUT2D eigenvalue weighted by Crippen LogP contribution is 2.34. The molecule has 4 rings (SSSR count). The molecule has 0 bridgehead atoms. The minimum Gasteiger partial charge on any atom is -0.496 e. The van der Waals surface area contributed by atoms with Crippen molar-refractivity contribution in [1.82, 2.24) is 4.57 Å². The molecule has 0 N–H and O–H groups in total. The van der Waals surface area contributed by atoms with Crippen molar-refractivity contribution < 1.29 is 18.7 Å². The van der Waals surface area contributed by atoms with Crippen LogP contribution in [0.4, 0.5) is 4.39 Å². The van der Waals surface area contributed by atoms with Gasteiger partial charge in [0, 0.05) is 0 Å². The molecule has 1 unspecified atom stereocenters. The molecule has 0 radical (unpaired) electrons. The Morgan fingerprint density at radius 1 is 1.27 bits per heavy atom. The van der Waals surface area contributed by atoms with E-state index in [0.29, 0.717) is 42.0 Å². The van der Waals surface area contributed by atoms with Crippen LogP contribution in [0, 0.1) is 5.82 Å². The van der Waals surface area contributed by atoms with Gasteiger partial charge in [-0.2, -0.15) is 0 Å². The SMILES string of the molecule is CCOC(=O)C1=C(C)N=c2s/c(=C\c3ccc(F)cc3)c(=O)n2C1c1ccc(OC)c(Br)c1. The lowest BCUT2D eigenvalue weighted by atomic mass is 9.96. The summed E-state index contributed by atoms with van der Waals surface area (Å²) in [6.45, 7) is 3.66. The molecule has 3 aromatic rings. The lowest BCUT2D eigenvalue weighted by molar-refractivity contribution is -0.139. The zero-order valence-corrected chi connectivity index (χ0v) is 20.5. The number of halogens is 2. The molecule has 33 heavy (non-hydrogen) atoms. The first-order valence-electron chi connectivity index (χ1n) is 10.1. The van der Waals surface area contributed by atoms with Crippen LogP contribution in [0.2, 0.25) is 0 Å². The van der Waals surface area contributed by atoms with Gasteiger partial charge in [0.25, 0.3) is 5.56 Å². The molecule has 1 atom stereocenters. The summed E-state index contributed by atoms with van der Waals surface area (Å²) >= 11 is 4.70. The number of thiazole rings is 1. The lowest BCUT2D eigenvalue weighted by Crippen LogP contribution is -2.39. The predicted octanol–water partition coefficient (Wildman–Crippen LogP) is 3.71. The summed E-state index contributed by atoms with van der Waals surface area (Å²) in [7, 11) is 1.56. The summed E-state index contributed by atoms with van der Waals surface area (Å²) in [5.41, 5.74) is 1.88. The Balaban J connectivity index is 1.96. The van der Waals surface area contributed by atoms with E-state index in [1.807, 2.05) is 12.1 Å². The van der Waals surface area contributed by atoms with E-state index in [9.17, 15) is 14.0 Å². The molecule has 0 aliphatic carbocycles. The zero-order valence-electron chi connectivity index (χ0n) is 18.1. The third-order valence-electron chi connectivity index (χ3n) is 5.18. The number of fused-ring (bicyclic) bond motifs is 1. The molecular formula is C24H20BrFN2O4S. The Morgan fingerprint density at radius 3 is 2.64 bits per heavy atom. The van der Waals surface area contributed by atoms with E-state index >= 15 is 0 Å². The van der Waals surface area contributed by atoms with Gasteiger partial charge in [-0.3, -0.25) is 9.36 Å². The number of aromatic nitrogens is 1. The minimum absolute atomic E-state index is 0.198. The van der Waals surface area contributed by atoms with Gasteiger partial charge in [-0.15, -0.1) is 0 Å². The first kappa shape index (κ1) is 23.1. The fraction of sp³-hybridized carbons (Fsp3) is 0.208. The molecule has 0 spiro atoms. The number of methoxy groups -OCH3 is 1. The molecular weight excluding hydrogens is 511 g/mol. The number of nitrogens with zero attached hydrogens (tertiary/aromatic N) is 2. The molecule has 0 saturated heterocycles. The van der Waals surface area contributed by atoms with Gasteiger partial charge in [-0.1, -0.05) is 29.5 Å². The summed E-state index contributed by atoms with van der Waals surface area (Å²) in [6, 6.07) is 10.5. The van der Waals surface area contributed by atoms with Gasteiger partial charge in [0.05, 0.1) is 40.0 Å². The second-order valence-corrected chi connectivity index (χ2v) is 9.11. The van der Waals surface area contributed by atoms with Crippen LogP contribution in [0.3, 0.4) is 0 Å². The first-order valence-corrected chi connectivity index (χ1v) is 11.7.